The molecule has 0 saturated carbocycles. The zero-order chi connectivity index (χ0) is 27.8. The van der Waals surface area contributed by atoms with Crippen LogP contribution in [0.15, 0.2) is 33.9 Å². The number of rotatable bonds is 5. The van der Waals surface area contributed by atoms with E-state index in [1.807, 2.05) is 28.8 Å². The van der Waals surface area contributed by atoms with Crippen molar-refractivity contribution in [3.8, 4) is 11.8 Å². The molecule has 2 N–H and O–H groups in total. The van der Waals surface area contributed by atoms with E-state index in [1.54, 1.807) is 14.0 Å². The van der Waals surface area contributed by atoms with Gasteiger partial charge in [-0.1, -0.05) is 18.1 Å². The first kappa shape index (κ1) is 26.0. The molecular formula is C28H33N9O3. The van der Waals surface area contributed by atoms with Gasteiger partial charge in [0.1, 0.15) is 5.82 Å². The topological polar surface area (TPSA) is 129 Å². The second-order valence-electron chi connectivity index (χ2n) is 10.3. The fourth-order valence-corrected chi connectivity index (χ4v) is 5.58. The number of nitrogens with two attached hydrogens (primary N) is 1. The molecule has 0 spiro atoms. The number of ether oxygens (including phenoxy) is 1. The Kier molecular flexibility index (Phi) is 7.00. The maximum Gasteiger partial charge on any atom is 0.332 e. The van der Waals surface area contributed by atoms with Crippen LogP contribution < -0.4 is 26.8 Å². The van der Waals surface area contributed by atoms with Gasteiger partial charge < -0.3 is 20.3 Å². The van der Waals surface area contributed by atoms with E-state index in [1.165, 1.54) is 9.13 Å². The van der Waals surface area contributed by atoms with Gasteiger partial charge in [-0.3, -0.25) is 18.5 Å². The number of imidazole rings is 1. The number of nitrogens with zero attached hydrogens (tertiary/aromatic N) is 8. The van der Waals surface area contributed by atoms with E-state index < -0.39 is 11.2 Å². The van der Waals surface area contributed by atoms with E-state index in [2.05, 4.69) is 21.6 Å². The summed E-state index contributed by atoms with van der Waals surface area (Å²) < 4.78 is 9.95. The minimum atomic E-state index is -0.477. The Morgan fingerprint density at radius 1 is 1.05 bits per heavy atom. The number of benzene rings is 1. The molecule has 0 radical (unpaired) electrons. The number of para-hydroxylation sites is 1. The van der Waals surface area contributed by atoms with Gasteiger partial charge in [0.25, 0.3) is 5.56 Å². The number of aromatic nitrogens is 6. The molecule has 4 aromatic rings. The second-order valence-corrected chi connectivity index (χ2v) is 10.3. The Morgan fingerprint density at radius 3 is 2.62 bits per heavy atom. The van der Waals surface area contributed by atoms with Crippen molar-refractivity contribution in [2.75, 3.05) is 49.2 Å². The highest BCUT2D eigenvalue weighted by Crippen LogP contribution is 2.25. The normalized spacial score (nSPS) is 17.8. The van der Waals surface area contributed by atoms with E-state index in [0.717, 1.165) is 36.1 Å². The largest absolute Gasteiger partial charge is 0.378 e. The fraction of sp³-hybridized carbons (Fsp3) is 0.464. The number of piperidine rings is 1. The maximum absolute atomic E-state index is 14.0. The van der Waals surface area contributed by atoms with Crippen molar-refractivity contribution < 1.29 is 4.74 Å². The first-order chi connectivity index (χ1) is 19.5. The van der Waals surface area contributed by atoms with Crippen LogP contribution in [0.3, 0.4) is 0 Å². The molecule has 12 nitrogen and oxygen atoms in total. The predicted octanol–water partition coefficient (Wildman–Crippen LogP) is 0.676. The van der Waals surface area contributed by atoms with Gasteiger partial charge in [0, 0.05) is 44.7 Å². The molecule has 1 unspecified atom stereocenters. The third kappa shape index (κ3) is 4.61. The standard InChI is InChI=1S/C28H33N9O3/c1-3-4-12-36-23-25(32-27(36)35-11-7-8-19(29)17-35)33(2)28(39)37(26(23)38)18-22-30-21-10-6-5-9-20(21)24(31-22)34-13-15-40-16-14-34/h5-6,9-10,19H,7-8,11-18,29H2,1-2H3. The summed E-state index contributed by atoms with van der Waals surface area (Å²) in [7, 11) is 1.63. The van der Waals surface area contributed by atoms with Crippen molar-refractivity contribution in [1.82, 2.24) is 28.7 Å². The average Bonchev–Trinajstić information content (AvgIpc) is 3.37. The number of anilines is 2. The minimum absolute atomic E-state index is 0.0189. The van der Waals surface area contributed by atoms with Crippen LogP contribution >= 0.6 is 0 Å². The number of fused-ring (bicyclic) bond motifs is 2. The first-order valence-electron chi connectivity index (χ1n) is 13.6. The van der Waals surface area contributed by atoms with E-state index in [-0.39, 0.29) is 19.1 Å². The van der Waals surface area contributed by atoms with Gasteiger partial charge in [0.2, 0.25) is 5.95 Å². The van der Waals surface area contributed by atoms with Crippen LogP contribution in [0.4, 0.5) is 11.8 Å². The van der Waals surface area contributed by atoms with Gasteiger partial charge in [-0.2, -0.15) is 4.98 Å². The van der Waals surface area contributed by atoms with E-state index >= 15 is 0 Å². The van der Waals surface area contributed by atoms with Crippen molar-refractivity contribution in [2.24, 2.45) is 12.8 Å². The van der Waals surface area contributed by atoms with Crippen molar-refractivity contribution in [2.45, 2.75) is 38.9 Å². The molecule has 3 aromatic heterocycles. The van der Waals surface area contributed by atoms with Crippen molar-refractivity contribution >= 4 is 33.8 Å². The van der Waals surface area contributed by atoms with Crippen LogP contribution in [0.5, 0.6) is 0 Å². The summed E-state index contributed by atoms with van der Waals surface area (Å²) in [6.45, 7) is 5.98. The highest BCUT2D eigenvalue weighted by atomic mass is 16.5. The molecule has 6 rings (SSSR count). The zero-order valence-electron chi connectivity index (χ0n) is 22.8. The Bertz CT molecular complexity index is 1750. The van der Waals surface area contributed by atoms with Crippen LogP contribution in [-0.4, -0.2) is 74.1 Å². The Hall–Kier alpha value is -4.21. The van der Waals surface area contributed by atoms with Gasteiger partial charge in [0.15, 0.2) is 17.0 Å². The van der Waals surface area contributed by atoms with Crippen LogP contribution in [0.2, 0.25) is 0 Å². The predicted molar refractivity (Wildman–Crippen MR) is 154 cm³/mol. The Morgan fingerprint density at radius 2 is 1.85 bits per heavy atom. The quantitative estimate of drug-likeness (QED) is 0.361. The molecule has 208 valence electrons. The summed E-state index contributed by atoms with van der Waals surface area (Å²) in [4.78, 5) is 46.2. The molecule has 5 heterocycles. The molecule has 0 bridgehead atoms. The van der Waals surface area contributed by atoms with Crippen LogP contribution in [0.1, 0.15) is 25.6 Å². The second kappa shape index (κ2) is 10.7. The molecule has 2 aliphatic heterocycles. The molecule has 0 amide bonds. The molecule has 1 atom stereocenters. The van der Waals surface area contributed by atoms with Gasteiger partial charge in [-0.15, -0.1) is 5.92 Å². The Labute approximate surface area is 231 Å². The monoisotopic (exact) mass is 543 g/mol. The molecule has 1 aromatic carbocycles. The van der Waals surface area contributed by atoms with Gasteiger partial charge >= 0.3 is 5.69 Å². The average molecular weight is 544 g/mol. The summed E-state index contributed by atoms with van der Waals surface area (Å²) >= 11 is 0. The Balaban J connectivity index is 1.49. The molecular weight excluding hydrogens is 510 g/mol. The number of hydrogen-bond acceptors (Lipinski definition) is 9. The smallest absolute Gasteiger partial charge is 0.332 e. The lowest BCUT2D eigenvalue weighted by atomic mass is 10.1. The number of morpholine rings is 1. The lowest BCUT2D eigenvalue weighted by Crippen LogP contribution is -2.44. The van der Waals surface area contributed by atoms with Crippen LogP contribution in [0.25, 0.3) is 22.1 Å². The third-order valence-electron chi connectivity index (χ3n) is 7.61. The molecule has 40 heavy (non-hydrogen) atoms. The first-order valence-corrected chi connectivity index (χ1v) is 13.6. The van der Waals surface area contributed by atoms with E-state index in [9.17, 15) is 9.59 Å². The SMILES string of the molecule is CC#CCn1c(N2CCCC(N)C2)nc2c1c(=O)n(Cc1nc(N3CCOCC3)c3ccccc3n1)c(=O)n2C. The highest BCUT2D eigenvalue weighted by Gasteiger charge is 2.26. The van der Waals surface area contributed by atoms with Crippen molar-refractivity contribution in [3.63, 3.8) is 0 Å². The maximum atomic E-state index is 14.0. The number of hydrogen-bond donors (Lipinski definition) is 1. The lowest BCUT2D eigenvalue weighted by Gasteiger charge is -2.31. The number of aryl methyl sites for hydroxylation is 1. The summed E-state index contributed by atoms with van der Waals surface area (Å²) in [6.07, 6.45) is 1.87. The van der Waals surface area contributed by atoms with Crippen LogP contribution in [0, 0.1) is 11.8 Å². The van der Waals surface area contributed by atoms with Gasteiger partial charge in [0.05, 0.1) is 31.8 Å². The van der Waals surface area contributed by atoms with Crippen LogP contribution in [-0.2, 0) is 24.9 Å². The summed E-state index contributed by atoms with van der Waals surface area (Å²) in [5, 5.41) is 0.921. The molecule has 12 heteroatoms. The zero-order valence-corrected chi connectivity index (χ0v) is 22.8. The fourth-order valence-electron chi connectivity index (χ4n) is 5.58. The van der Waals surface area contributed by atoms with Crippen molar-refractivity contribution in [1.29, 1.82) is 0 Å². The summed E-state index contributed by atoms with van der Waals surface area (Å²) in [5.41, 5.74) is 6.74. The molecule has 2 saturated heterocycles. The van der Waals surface area contributed by atoms with Gasteiger partial charge in [-0.25, -0.2) is 14.8 Å². The molecule has 0 aliphatic carbocycles. The molecule has 2 aliphatic rings. The van der Waals surface area contributed by atoms with Gasteiger partial charge in [-0.05, 0) is 31.9 Å². The lowest BCUT2D eigenvalue weighted by molar-refractivity contribution is 0.122. The minimum Gasteiger partial charge on any atom is -0.378 e. The third-order valence-corrected chi connectivity index (χ3v) is 7.61. The highest BCUT2D eigenvalue weighted by molar-refractivity contribution is 5.89. The summed E-state index contributed by atoms with van der Waals surface area (Å²) in [6, 6.07) is 7.80. The summed E-state index contributed by atoms with van der Waals surface area (Å²) in [5.74, 6) is 7.75. The van der Waals surface area contributed by atoms with E-state index in [0.29, 0.717) is 55.8 Å². The van der Waals surface area contributed by atoms with E-state index in [4.69, 9.17) is 25.4 Å². The van der Waals surface area contributed by atoms with Crippen molar-refractivity contribution in [3.05, 3.63) is 50.9 Å². The molecule has 2 fully saturated rings.